The Hall–Kier alpha value is -0.900. The molecular formula is C19H31N3. The minimum atomic E-state index is 0.631. The van der Waals surface area contributed by atoms with E-state index in [0.717, 1.165) is 24.9 Å². The number of likely N-dealkylation sites (tertiary alicyclic amines) is 1. The summed E-state index contributed by atoms with van der Waals surface area (Å²) in [5.74, 6) is 1.55. The minimum Gasteiger partial charge on any atom is -0.316 e. The summed E-state index contributed by atoms with van der Waals surface area (Å²) in [6, 6.07) is 12.2. The van der Waals surface area contributed by atoms with Gasteiger partial charge in [0.05, 0.1) is 0 Å². The van der Waals surface area contributed by atoms with Crippen molar-refractivity contribution in [2.45, 2.75) is 45.3 Å². The maximum atomic E-state index is 3.93. The van der Waals surface area contributed by atoms with E-state index >= 15 is 0 Å². The number of rotatable bonds is 5. The van der Waals surface area contributed by atoms with E-state index in [1.165, 1.54) is 38.0 Å². The molecule has 0 amide bonds. The number of hydrogen-bond donors (Lipinski definition) is 2. The van der Waals surface area contributed by atoms with Gasteiger partial charge >= 0.3 is 0 Å². The van der Waals surface area contributed by atoms with Crippen LogP contribution >= 0.6 is 0 Å². The highest BCUT2D eigenvalue weighted by Crippen LogP contribution is 2.23. The summed E-state index contributed by atoms with van der Waals surface area (Å²) in [5, 5.41) is 7.42. The molecule has 3 nitrogen and oxygen atoms in total. The monoisotopic (exact) mass is 301 g/mol. The van der Waals surface area contributed by atoms with Crippen molar-refractivity contribution >= 4 is 0 Å². The molecule has 0 aliphatic carbocycles. The van der Waals surface area contributed by atoms with Crippen LogP contribution in [0.3, 0.4) is 0 Å². The maximum absolute atomic E-state index is 3.93. The van der Waals surface area contributed by atoms with Crippen molar-refractivity contribution in [1.29, 1.82) is 0 Å². The van der Waals surface area contributed by atoms with E-state index in [1.54, 1.807) is 0 Å². The molecule has 0 spiro atoms. The summed E-state index contributed by atoms with van der Waals surface area (Å²) in [7, 11) is 0. The molecule has 2 aliphatic heterocycles. The quantitative estimate of drug-likeness (QED) is 0.875. The Balaban J connectivity index is 1.47. The Bertz CT molecular complexity index is 447. The molecule has 0 bridgehead atoms. The van der Waals surface area contributed by atoms with Gasteiger partial charge in [0.15, 0.2) is 0 Å². The van der Waals surface area contributed by atoms with Crippen molar-refractivity contribution < 1.29 is 0 Å². The van der Waals surface area contributed by atoms with E-state index in [2.05, 4.69) is 59.7 Å². The first-order chi connectivity index (χ1) is 10.7. The van der Waals surface area contributed by atoms with Crippen molar-refractivity contribution in [3.63, 3.8) is 0 Å². The van der Waals surface area contributed by atoms with Crippen LogP contribution in [0, 0.1) is 11.8 Å². The third kappa shape index (κ3) is 4.09. The lowest BCUT2D eigenvalue weighted by atomic mass is 9.92. The molecule has 22 heavy (non-hydrogen) atoms. The van der Waals surface area contributed by atoms with Gasteiger partial charge in [-0.05, 0) is 56.8 Å². The van der Waals surface area contributed by atoms with Gasteiger partial charge in [-0.1, -0.05) is 37.3 Å². The molecule has 0 saturated carbocycles. The number of hydrogen-bond acceptors (Lipinski definition) is 3. The van der Waals surface area contributed by atoms with E-state index in [0.29, 0.717) is 12.1 Å². The van der Waals surface area contributed by atoms with Crippen LogP contribution in [0.1, 0.15) is 32.3 Å². The fraction of sp³-hybridized carbons (Fsp3) is 0.684. The Morgan fingerprint density at radius 2 is 2.09 bits per heavy atom. The third-order valence-corrected chi connectivity index (χ3v) is 5.53. The molecule has 2 fully saturated rings. The molecule has 0 radical (unpaired) electrons. The number of nitrogens with zero attached hydrogens (tertiary/aromatic N) is 1. The smallest absolute Gasteiger partial charge is 0.0233 e. The van der Waals surface area contributed by atoms with Gasteiger partial charge in [0, 0.05) is 25.2 Å². The minimum absolute atomic E-state index is 0.631. The second-order valence-electron chi connectivity index (χ2n) is 7.30. The fourth-order valence-corrected chi connectivity index (χ4v) is 3.99. The zero-order valence-corrected chi connectivity index (χ0v) is 14.1. The summed E-state index contributed by atoms with van der Waals surface area (Å²) in [6.45, 7) is 10.7. The van der Waals surface area contributed by atoms with Crippen molar-refractivity contribution in [3.05, 3.63) is 35.9 Å². The summed E-state index contributed by atoms with van der Waals surface area (Å²) in [4.78, 5) is 2.62. The highest BCUT2D eigenvalue weighted by atomic mass is 15.2. The predicted octanol–water partition coefficient (Wildman–Crippen LogP) is 2.48. The lowest BCUT2D eigenvalue weighted by Gasteiger charge is -2.34. The van der Waals surface area contributed by atoms with Gasteiger partial charge in [-0.25, -0.2) is 0 Å². The van der Waals surface area contributed by atoms with Gasteiger partial charge in [-0.2, -0.15) is 0 Å². The van der Waals surface area contributed by atoms with E-state index in [4.69, 9.17) is 0 Å². The van der Waals surface area contributed by atoms with Crippen LogP contribution in [-0.4, -0.2) is 43.2 Å². The summed E-state index contributed by atoms with van der Waals surface area (Å²) in [5.41, 5.74) is 1.44. The fourth-order valence-electron chi connectivity index (χ4n) is 3.99. The average Bonchev–Trinajstić information content (AvgIpc) is 2.99. The van der Waals surface area contributed by atoms with Crippen LogP contribution in [-0.2, 0) is 6.54 Å². The number of piperidine rings is 1. The molecule has 2 saturated heterocycles. The first-order valence-electron chi connectivity index (χ1n) is 8.95. The molecule has 2 aliphatic rings. The first-order valence-corrected chi connectivity index (χ1v) is 8.95. The van der Waals surface area contributed by atoms with Crippen LogP contribution in [0.25, 0.3) is 0 Å². The van der Waals surface area contributed by atoms with Crippen LogP contribution in [0.2, 0.25) is 0 Å². The van der Waals surface area contributed by atoms with Crippen molar-refractivity contribution in [3.8, 4) is 0 Å². The Morgan fingerprint density at radius 3 is 2.86 bits per heavy atom. The van der Waals surface area contributed by atoms with Crippen molar-refractivity contribution in [2.75, 3.05) is 26.2 Å². The molecule has 2 N–H and O–H groups in total. The second kappa shape index (κ2) is 7.58. The van der Waals surface area contributed by atoms with Crippen molar-refractivity contribution in [2.24, 2.45) is 11.8 Å². The first kappa shape index (κ1) is 16.0. The zero-order chi connectivity index (χ0) is 15.4. The van der Waals surface area contributed by atoms with Crippen LogP contribution in [0.4, 0.5) is 0 Å². The molecule has 3 rings (SSSR count). The average molecular weight is 301 g/mol. The lowest BCUT2D eigenvalue weighted by molar-refractivity contribution is 0.238. The van der Waals surface area contributed by atoms with E-state index in [1.807, 2.05) is 0 Å². The van der Waals surface area contributed by atoms with Crippen molar-refractivity contribution in [1.82, 2.24) is 15.5 Å². The Morgan fingerprint density at radius 1 is 1.27 bits per heavy atom. The normalized spacial score (nSPS) is 31.3. The second-order valence-corrected chi connectivity index (χ2v) is 7.30. The molecule has 122 valence electrons. The molecule has 4 atom stereocenters. The standard InChI is InChI=1S/C19H31N3/c1-15-12-20-10-8-19(15)21-16(2)18-9-11-22(14-18)13-17-6-4-3-5-7-17/h3-7,15-16,18-21H,8-14H2,1-2H3. The highest BCUT2D eigenvalue weighted by molar-refractivity contribution is 5.14. The topological polar surface area (TPSA) is 27.3 Å². The van der Waals surface area contributed by atoms with Gasteiger partial charge in [0.25, 0.3) is 0 Å². The molecule has 4 unspecified atom stereocenters. The SMILES string of the molecule is CC1CNCCC1NC(C)C1CCN(Cc2ccccc2)C1. The number of nitrogens with one attached hydrogen (secondary N) is 2. The van der Waals surface area contributed by atoms with E-state index in [-0.39, 0.29) is 0 Å². The largest absolute Gasteiger partial charge is 0.316 e. The molecular weight excluding hydrogens is 270 g/mol. The summed E-state index contributed by atoms with van der Waals surface area (Å²) < 4.78 is 0. The van der Waals surface area contributed by atoms with Gasteiger partial charge in [-0.3, -0.25) is 4.90 Å². The number of benzene rings is 1. The van der Waals surface area contributed by atoms with Gasteiger partial charge in [-0.15, -0.1) is 0 Å². The highest BCUT2D eigenvalue weighted by Gasteiger charge is 2.30. The lowest BCUT2D eigenvalue weighted by Crippen LogP contribution is -2.51. The molecule has 0 aromatic heterocycles. The molecule has 2 heterocycles. The predicted molar refractivity (Wildman–Crippen MR) is 92.9 cm³/mol. The molecule has 1 aromatic rings. The maximum Gasteiger partial charge on any atom is 0.0233 e. The summed E-state index contributed by atoms with van der Waals surface area (Å²) >= 11 is 0. The summed E-state index contributed by atoms with van der Waals surface area (Å²) in [6.07, 6.45) is 2.60. The molecule has 1 aromatic carbocycles. The molecule has 3 heteroatoms. The Labute approximate surface area is 135 Å². The van der Waals surface area contributed by atoms with Gasteiger partial charge in [0.2, 0.25) is 0 Å². The van der Waals surface area contributed by atoms with Gasteiger partial charge in [0.1, 0.15) is 0 Å². The van der Waals surface area contributed by atoms with Gasteiger partial charge < -0.3 is 10.6 Å². The Kier molecular flexibility index (Phi) is 5.51. The third-order valence-electron chi connectivity index (χ3n) is 5.53. The van der Waals surface area contributed by atoms with Crippen LogP contribution in [0.15, 0.2) is 30.3 Å². The zero-order valence-electron chi connectivity index (χ0n) is 14.1. The van der Waals surface area contributed by atoms with E-state index in [9.17, 15) is 0 Å². The van der Waals surface area contributed by atoms with Crippen LogP contribution < -0.4 is 10.6 Å². The van der Waals surface area contributed by atoms with Crippen LogP contribution in [0.5, 0.6) is 0 Å². The van der Waals surface area contributed by atoms with E-state index < -0.39 is 0 Å².